The Labute approximate surface area is 629 Å². The third-order valence-corrected chi connectivity index (χ3v) is 20.3. The predicted molar refractivity (Wildman–Crippen MR) is 342 cm³/mol. The molecule has 0 saturated carbocycles. The zero-order valence-corrected chi connectivity index (χ0v) is 59.9. The first-order valence-electron chi connectivity index (χ1n) is 35.5. The molecule has 49 heteroatoms. The molecule has 0 aliphatic carbocycles. The lowest BCUT2D eigenvalue weighted by Gasteiger charge is -2.51. The fourth-order valence-electron chi connectivity index (χ4n) is 14.3. The van der Waals surface area contributed by atoms with Crippen molar-refractivity contribution in [1.82, 2.24) is 21.3 Å². The van der Waals surface area contributed by atoms with Crippen molar-refractivity contribution in [2.75, 3.05) is 52.9 Å². The normalized spacial score (nSPS) is 49.3. The lowest BCUT2D eigenvalue weighted by atomic mass is 9.93. The molecule has 9 aliphatic heterocycles. The summed E-state index contributed by atoms with van der Waals surface area (Å²) in [5.74, 6) is -3.59. The number of amides is 4. The lowest BCUT2D eigenvalue weighted by molar-refractivity contribution is -0.396. The molecule has 0 aromatic heterocycles. The van der Waals surface area contributed by atoms with Gasteiger partial charge >= 0.3 is 0 Å². The molecule has 4 amide bonds. The molecule has 642 valence electrons. The standard InChI is InChI=1S/C62H104N4O45/c1-14-31(77)41(87)45(91)58(97-14)95-13-26-50(38(84)27(54(94)98-26)63-15(2)73)106-56-29(65-17(4)75)39(85)49(24(11-72)103-56)108-60-47(93)51(109-62-53(44(90)35(81)22(9-70)102-62)111-55-28(64-16(3)74)37(83)32(78)19(6-67)99-55)36(82)25(105-60)12-96-61-52(43(89)34(80)21(8-69)101-61)110-57-30(66-18(5)76)40(86)48(23(10-71)104-57)107-59-46(92)42(88)33(79)20(7-68)100-59/h14,19-62,67-72,77-94H,6-13H2,1-5H3,(H,63,73)(H,64,74)(H,65,75)(H,66,76)/t14-,19+,20+,21+,22+,23+,24+,25+,26+,27+,28-,29+,30+,31+,32+,33-,34+,35+,36+,37+,38+,39+,40+,41+,42-,43-,44-,45-,46+,47-,48+,49+,50+,51-,52-,53-,54+,55-,56-,57+,58-,59-,60-,61-,62-/m0/s1. The van der Waals surface area contributed by atoms with E-state index in [2.05, 4.69) is 21.3 Å². The summed E-state index contributed by atoms with van der Waals surface area (Å²) in [5.41, 5.74) is 0. The van der Waals surface area contributed by atoms with Crippen molar-refractivity contribution in [3.05, 3.63) is 0 Å². The van der Waals surface area contributed by atoms with Crippen molar-refractivity contribution in [3.63, 3.8) is 0 Å². The Kier molecular flexibility index (Phi) is 32.6. The van der Waals surface area contributed by atoms with Crippen LogP contribution in [0.5, 0.6) is 0 Å². The highest BCUT2D eigenvalue weighted by atomic mass is 16.8. The second-order valence-electron chi connectivity index (χ2n) is 28.2. The van der Waals surface area contributed by atoms with Crippen LogP contribution in [0.4, 0.5) is 0 Å². The molecule has 0 aromatic rings. The Morgan fingerprint density at radius 2 is 0.559 bits per heavy atom. The molecule has 9 rings (SSSR count). The number of hydrogen-bond donors (Lipinski definition) is 28. The van der Waals surface area contributed by atoms with Gasteiger partial charge in [0.1, 0.15) is 213 Å². The quantitative estimate of drug-likeness (QED) is 0.0346. The van der Waals surface area contributed by atoms with Crippen molar-refractivity contribution in [2.24, 2.45) is 0 Å². The van der Waals surface area contributed by atoms with Gasteiger partial charge in [-0.1, -0.05) is 0 Å². The lowest BCUT2D eigenvalue weighted by Crippen LogP contribution is -2.71. The average molecular weight is 1630 g/mol. The molecule has 9 heterocycles. The van der Waals surface area contributed by atoms with Crippen LogP contribution in [-0.2, 0) is 99.7 Å². The molecule has 0 unspecified atom stereocenters. The number of rotatable bonds is 28. The third kappa shape index (κ3) is 20.3. The number of aliphatic hydroxyl groups is 24. The number of aliphatic hydroxyl groups excluding tert-OH is 24. The van der Waals surface area contributed by atoms with Gasteiger partial charge in [0, 0.05) is 27.7 Å². The van der Waals surface area contributed by atoms with Gasteiger partial charge in [0.25, 0.3) is 0 Å². The average Bonchev–Trinajstić information content (AvgIpc) is 0.768. The van der Waals surface area contributed by atoms with Crippen LogP contribution in [0.1, 0.15) is 34.6 Å². The number of ether oxygens (including phenoxy) is 17. The van der Waals surface area contributed by atoms with Gasteiger partial charge in [0.05, 0.1) is 59.0 Å². The topological polar surface area (TPSA) is 759 Å². The van der Waals surface area contributed by atoms with Crippen LogP contribution < -0.4 is 21.3 Å². The maximum absolute atomic E-state index is 13.2. The van der Waals surface area contributed by atoms with Gasteiger partial charge in [-0.3, -0.25) is 19.2 Å². The zero-order chi connectivity index (χ0) is 81.8. The van der Waals surface area contributed by atoms with Crippen LogP contribution >= 0.6 is 0 Å². The van der Waals surface area contributed by atoms with Gasteiger partial charge in [0.15, 0.2) is 56.6 Å². The molecule has 0 spiro atoms. The van der Waals surface area contributed by atoms with Crippen LogP contribution in [-0.4, -0.2) is 475 Å². The first kappa shape index (κ1) is 91.1. The van der Waals surface area contributed by atoms with Crippen LogP contribution in [0.2, 0.25) is 0 Å². The summed E-state index contributed by atoms with van der Waals surface area (Å²) < 4.78 is 101. The van der Waals surface area contributed by atoms with E-state index in [0.717, 1.165) is 27.7 Å². The highest BCUT2D eigenvalue weighted by molar-refractivity contribution is 5.74. The van der Waals surface area contributed by atoms with Crippen LogP contribution in [0.15, 0.2) is 0 Å². The molecule has 9 fully saturated rings. The smallest absolute Gasteiger partial charge is 0.217 e. The first-order valence-corrected chi connectivity index (χ1v) is 35.5. The van der Waals surface area contributed by atoms with Gasteiger partial charge in [-0.2, -0.15) is 0 Å². The largest absolute Gasteiger partial charge is 0.394 e. The molecule has 45 atom stereocenters. The second kappa shape index (κ2) is 39.7. The van der Waals surface area contributed by atoms with E-state index in [0.29, 0.717) is 0 Å². The summed E-state index contributed by atoms with van der Waals surface area (Å²) in [6.07, 6.45) is -83.2. The van der Waals surface area contributed by atoms with Crippen LogP contribution in [0.3, 0.4) is 0 Å². The van der Waals surface area contributed by atoms with Gasteiger partial charge < -0.3 is 224 Å². The molecule has 9 aliphatic rings. The molecule has 0 bridgehead atoms. The Bertz CT molecular complexity index is 2950. The van der Waals surface area contributed by atoms with Gasteiger partial charge in [-0.25, -0.2) is 0 Å². The number of hydrogen-bond acceptors (Lipinski definition) is 45. The van der Waals surface area contributed by atoms with Gasteiger partial charge in [-0.05, 0) is 6.92 Å². The number of carbonyl (C=O) groups is 4. The fraction of sp³-hybridized carbons (Fsp3) is 0.935. The van der Waals surface area contributed by atoms with Crippen molar-refractivity contribution in [2.45, 2.75) is 311 Å². The monoisotopic (exact) mass is 1620 g/mol. The zero-order valence-electron chi connectivity index (χ0n) is 59.9. The molecule has 9 saturated heterocycles. The molecular formula is C62H104N4O45. The van der Waals surface area contributed by atoms with E-state index in [4.69, 9.17) is 80.5 Å². The highest BCUT2D eigenvalue weighted by Crippen LogP contribution is 2.40. The van der Waals surface area contributed by atoms with Gasteiger partial charge in [-0.15, -0.1) is 0 Å². The third-order valence-electron chi connectivity index (χ3n) is 20.3. The van der Waals surface area contributed by atoms with Crippen molar-refractivity contribution < 1.29 is 222 Å². The summed E-state index contributed by atoms with van der Waals surface area (Å²) in [6.45, 7) is -3.36. The Hall–Kier alpha value is -3.76. The number of nitrogens with one attached hydrogen (secondary N) is 4. The molecule has 0 aromatic carbocycles. The van der Waals surface area contributed by atoms with Crippen molar-refractivity contribution >= 4 is 23.6 Å². The van der Waals surface area contributed by atoms with E-state index >= 15 is 0 Å². The summed E-state index contributed by atoms with van der Waals surface area (Å²) in [4.78, 5) is 50.9. The SMILES string of the molecule is CC(=O)N[C@@H]1[C@H](O[C@@H]2[C@H](O[C@@H]3[C@H](O)[C@H](O[C@H]4[C@H](O)[C@@H](NC(C)=O)[C@H](O[C@H]5[C@H](O)[C@@H](NC(C)=O)[C@H](O)O[C@@H]5CO[C@H]5O[C@@H](C)[C@@H](O)[C@@H](O)[C@@H]5O)O[C@@H]4CO)O[C@H](CO[C@H]4O[C@H](CO)[C@@H](O)[C@H](O)[C@@H]4O[C@H]4O[C@H](CO)[C@@H](O[C@@H]5O[C@H](CO)[C@H](O)[C@H](O)[C@H]5O)[C@H](O)[C@H]4NC(C)=O)[C@H]3O)O[C@H](CO)[C@@H](O)[C@@H]2O)O[C@H](CO)[C@@H](O)[C@@H]1O. The van der Waals surface area contributed by atoms with Crippen molar-refractivity contribution in [1.29, 1.82) is 0 Å². The van der Waals surface area contributed by atoms with Gasteiger partial charge in [0.2, 0.25) is 23.6 Å². The maximum atomic E-state index is 13.2. The molecule has 111 heavy (non-hydrogen) atoms. The van der Waals surface area contributed by atoms with Crippen LogP contribution in [0, 0.1) is 0 Å². The minimum atomic E-state index is -2.55. The van der Waals surface area contributed by atoms with Crippen molar-refractivity contribution in [3.8, 4) is 0 Å². The molecule has 28 N–H and O–H groups in total. The van der Waals surface area contributed by atoms with E-state index < -0.39 is 353 Å². The highest BCUT2D eigenvalue weighted by Gasteiger charge is 2.61. The molecular weight excluding hydrogens is 1520 g/mol. The van der Waals surface area contributed by atoms with E-state index in [1.54, 1.807) is 0 Å². The fourth-order valence-corrected chi connectivity index (χ4v) is 14.3. The number of carbonyl (C=O) groups excluding carboxylic acids is 4. The summed E-state index contributed by atoms with van der Waals surface area (Å²) in [7, 11) is 0. The van der Waals surface area contributed by atoms with E-state index in [9.17, 15) is 142 Å². The first-order chi connectivity index (χ1) is 52.4. The Balaban J connectivity index is 1.05. The molecule has 0 radical (unpaired) electrons. The van der Waals surface area contributed by atoms with E-state index in [1.165, 1.54) is 6.92 Å². The van der Waals surface area contributed by atoms with Crippen LogP contribution in [0.25, 0.3) is 0 Å². The summed E-state index contributed by atoms with van der Waals surface area (Å²) >= 11 is 0. The minimum Gasteiger partial charge on any atom is -0.394 e. The Morgan fingerprint density at radius 3 is 1.03 bits per heavy atom. The maximum Gasteiger partial charge on any atom is 0.217 e. The Morgan fingerprint density at radius 1 is 0.252 bits per heavy atom. The molecule has 49 nitrogen and oxygen atoms in total. The minimum absolute atomic E-state index is 0.827. The summed E-state index contributed by atoms with van der Waals surface area (Å²) in [5, 5.41) is 276. The van der Waals surface area contributed by atoms with E-state index in [1.807, 2.05) is 0 Å². The summed E-state index contributed by atoms with van der Waals surface area (Å²) in [6, 6.07) is -7.39. The predicted octanol–water partition coefficient (Wildman–Crippen LogP) is -19.0. The van der Waals surface area contributed by atoms with E-state index in [-0.39, 0.29) is 0 Å². The second-order valence-corrected chi connectivity index (χ2v) is 28.2.